The Morgan fingerprint density at radius 1 is 0.897 bits per heavy atom. The van der Waals surface area contributed by atoms with Crippen molar-refractivity contribution < 1.29 is 32.2 Å². The maximum Gasteiger partial charge on any atom is 0.407 e. The number of amides is 1. The van der Waals surface area contributed by atoms with Gasteiger partial charge in [0.15, 0.2) is 21.9 Å². The molecule has 9 heteroatoms. The van der Waals surface area contributed by atoms with Crippen LogP contribution in [0.4, 0.5) is 4.79 Å². The third-order valence-corrected chi connectivity index (χ3v) is 8.45. The van der Waals surface area contributed by atoms with E-state index >= 15 is 0 Å². The molecule has 224 valence electrons. The monoisotopic (exact) mass is 569 g/mol. The molecule has 1 rings (SSSR count). The summed E-state index contributed by atoms with van der Waals surface area (Å²) in [5, 5.41) is 1.64. The highest BCUT2D eigenvalue weighted by Gasteiger charge is 2.33. The lowest BCUT2D eigenvalue weighted by molar-refractivity contribution is -0.132. The number of benzene rings is 1. The molecule has 3 atom stereocenters. The van der Waals surface area contributed by atoms with Crippen LogP contribution in [0, 0.1) is 0 Å². The molecule has 0 spiro atoms. The van der Waals surface area contributed by atoms with E-state index in [-0.39, 0.29) is 36.5 Å². The van der Waals surface area contributed by atoms with Crippen LogP contribution in [-0.2, 0) is 28.8 Å². The lowest BCUT2D eigenvalue weighted by atomic mass is 10.0. The van der Waals surface area contributed by atoms with Gasteiger partial charge in [-0.05, 0) is 59.6 Å². The lowest BCUT2D eigenvalue weighted by Crippen LogP contribution is -2.43. The van der Waals surface area contributed by atoms with Crippen molar-refractivity contribution in [2.45, 2.75) is 134 Å². The van der Waals surface area contributed by atoms with Crippen LogP contribution < -0.4 is 5.32 Å². The van der Waals surface area contributed by atoms with Gasteiger partial charge < -0.3 is 19.5 Å². The zero-order valence-corrected chi connectivity index (χ0v) is 25.7. The molecule has 0 aliphatic carbocycles. The number of alkyl carbamates (subject to hydrolysis) is 1. The van der Waals surface area contributed by atoms with Crippen molar-refractivity contribution in [2.24, 2.45) is 0 Å². The molecule has 1 aromatic rings. The number of rotatable bonds is 20. The molecule has 1 N–H and O–H groups in total. The Hall–Kier alpha value is -1.97. The number of sulfone groups is 1. The molecule has 0 aliphatic heterocycles. The molecule has 0 saturated carbocycles. The lowest BCUT2D eigenvalue weighted by Gasteiger charge is -2.25. The number of Topliss-reactive ketones (excluding diaryl/α,β-unsaturated/α-hetero) is 1. The summed E-state index contributed by atoms with van der Waals surface area (Å²) in [6.07, 6.45) is 6.64. The average Bonchev–Trinajstić information content (AvgIpc) is 2.86. The van der Waals surface area contributed by atoms with Crippen LogP contribution in [0.1, 0.15) is 106 Å². The molecule has 8 nitrogen and oxygen atoms in total. The molecule has 1 amide bonds. The van der Waals surface area contributed by atoms with Crippen molar-refractivity contribution in [1.82, 2.24) is 5.32 Å². The van der Waals surface area contributed by atoms with Crippen molar-refractivity contribution in [3.05, 3.63) is 30.3 Å². The second-order valence-electron chi connectivity index (χ2n) is 11.0. The predicted molar refractivity (Wildman–Crippen MR) is 154 cm³/mol. The SMILES string of the molecule is CCCCCCCCCC(C(=O)CC[C@@H](COC(C)OCC)NC(=O)OC(C)(C)C)S(=O)(=O)c1ccccc1. The van der Waals surface area contributed by atoms with E-state index in [9.17, 15) is 18.0 Å². The molecule has 0 heterocycles. The number of unbranched alkanes of at least 4 members (excludes halogenated alkanes) is 6. The van der Waals surface area contributed by atoms with Gasteiger partial charge in [0.2, 0.25) is 0 Å². The van der Waals surface area contributed by atoms with Crippen LogP contribution in [0.15, 0.2) is 35.2 Å². The number of ether oxygens (including phenoxy) is 3. The Balaban J connectivity index is 2.94. The van der Waals surface area contributed by atoms with Crippen molar-refractivity contribution in [1.29, 1.82) is 0 Å². The van der Waals surface area contributed by atoms with E-state index < -0.39 is 39.1 Å². The maximum absolute atomic E-state index is 13.5. The summed E-state index contributed by atoms with van der Waals surface area (Å²) in [5.41, 5.74) is -0.685. The van der Waals surface area contributed by atoms with Gasteiger partial charge >= 0.3 is 6.09 Å². The van der Waals surface area contributed by atoms with Gasteiger partial charge in [0.25, 0.3) is 0 Å². The van der Waals surface area contributed by atoms with E-state index in [1.54, 1.807) is 45.9 Å². The van der Waals surface area contributed by atoms with Crippen LogP contribution in [0.2, 0.25) is 0 Å². The molecular weight excluding hydrogens is 518 g/mol. The summed E-state index contributed by atoms with van der Waals surface area (Å²) in [7, 11) is -3.84. The average molecular weight is 570 g/mol. The van der Waals surface area contributed by atoms with E-state index in [2.05, 4.69) is 12.2 Å². The Morgan fingerprint density at radius 2 is 1.51 bits per heavy atom. The topological polar surface area (TPSA) is 108 Å². The Bertz CT molecular complexity index is 928. The minimum atomic E-state index is -3.84. The first kappa shape index (κ1) is 35.1. The number of ketones is 1. The molecular formula is C30H51NO7S. The molecule has 2 unspecified atom stereocenters. The molecule has 39 heavy (non-hydrogen) atoms. The Kier molecular flexibility index (Phi) is 16.5. The minimum Gasteiger partial charge on any atom is -0.444 e. The summed E-state index contributed by atoms with van der Waals surface area (Å²) < 4.78 is 43.5. The van der Waals surface area contributed by atoms with E-state index in [1.807, 2.05) is 6.92 Å². The minimum absolute atomic E-state index is 0.0138. The van der Waals surface area contributed by atoms with Crippen LogP contribution in [0.3, 0.4) is 0 Å². The molecule has 0 aliphatic rings. The molecule has 0 aromatic heterocycles. The molecule has 0 saturated heterocycles. The van der Waals surface area contributed by atoms with Gasteiger partial charge in [-0.3, -0.25) is 4.79 Å². The highest BCUT2D eigenvalue weighted by atomic mass is 32.2. The summed E-state index contributed by atoms with van der Waals surface area (Å²) in [6.45, 7) is 11.6. The highest BCUT2D eigenvalue weighted by Crippen LogP contribution is 2.24. The van der Waals surface area contributed by atoms with Gasteiger partial charge in [-0.1, -0.05) is 70.1 Å². The van der Waals surface area contributed by atoms with Crippen LogP contribution in [-0.4, -0.2) is 56.7 Å². The summed E-state index contributed by atoms with van der Waals surface area (Å²) in [5.74, 6) is -0.348. The normalized spacial score (nSPS) is 14.4. The smallest absolute Gasteiger partial charge is 0.407 e. The van der Waals surface area contributed by atoms with Crippen molar-refractivity contribution in [2.75, 3.05) is 13.2 Å². The van der Waals surface area contributed by atoms with Gasteiger partial charge in [0, 0.05) is 13.0 Å². The van der Waals surface area contributed by atoms with Crippen molar-refractivity contribution in [3.8, 4) is 0 Å². The Morgan fingerprint density at radius 3 is 2.10 bits per heavy atom. The molecule has 0 radical (unpaired) electrons. The first-order chi connectivity index (χ1) is 18.4. The second kappa shape index (κ2) is 18.4. The Labute approximate surface area is 236 Å². The number of carbonyl (C=O) groups excluding carboxylic acids is 2. The van der Waals surface area contributed by atoms with Crippen molar-refractivity contribution in [3.63, 3.8) is 0 Å². The van der Waals surface area contributed by atoms with Gasteiger partial charge in [0.05, 0.1) is 17.5 Å². The fraction of sp³-hybridized carbons (Fsp3) is 0.733. The first-order valence-electron chi connectivity index (χ1n) is 14.4. The van der Waals surface area contributed by atoms with Crippen LogP contribution >= 0.6 is 0 Å². The van der Waals surface area contributed by atoms with Crippen molar-refractivity contribution >= 4 is 21.7 Å². The van der Waals surface area contributed by atoms with E-state index in [1.165, 1.54) is 31.4 Å². The quantitative estimate of drug-likeness (QED) is 0.139. The fourth-order valence-corrected chi connectivity index (χ4v) is 6.04. The van der Waals surface area contributed by atoms with Crippen LogP contribution in [0.5, 0.6) is 0 Å². The fourth-order valence-electron chi connectivity index (χ4n) is 4.23. The summed E-state index contributed by atoms with van der Waals surface area (Å²) in [6, 6.07) is 7.61. The number of hydrogen-bond donors (Lipinski definition) is 1. The second-order valence-corrected chi connectivity index (χ2v) is 13.1. The summed E-state index contributed by atoms with van der Waals surface area (Å²) in [4.78, 5) is 26.0. The van der Waals surface area contributed by atoms with E-state index in [0.29, 0.717) is 13.0 Å². The van der Waals surface area contributed by atoms with Crippen LogP contribution in [0.25, 0.3) is 0 Å². The third kappa shape index (κ3) is 14.8. The maximum atomic E-state index is 13.5. The zero-order valence-electron chi connectivity index (χ0n) is 24.9. The summed E-state index contributed by atoms with van der Waals surface area (Å²) >= 11 is 0. The van der Waals surface area contributed by atoms with Gasteiger partial charge in [-0.2, -0.15) is 0 Å². The van der Waals surface area contributed by atoms with Gasteiger partial charge in [-0.15, -0.1) is 0 Å². The van der Waals surface area contributed by atoms with E-state index in [0.717, 1.165) is 19.3 Å². The molecule has 0 bridgehead atoms. The molecule has 0 fully saturated rings. The largest absolute Gasteiger partial charge is 0.444 e. The van der Waals surface area contributed by atoms with Gasteiger partial charge in [-0.25, -0.2) is 13.2 Å². The third-order valence-electron chi connectivity index (χ3n) is 6.27. The number of nitrogens with one attached hydrogen (secondary N) is 1. The zero-order chi connectivity index (χ0) is 29.3. The number of hydrogen-bond acceptors (Lipinski definition) is 7. The first-order valence-corrected chi connectivity index (χ1v) is 16.0. The number of carbonyl (C=O) groups is 2. The predicted octanol–water partition coefficient (Wildman–Crippen LogP) is 6.61. The molecule has 1 aromatic carbocycles. The van der Waals surface area contributed by atoms with Gasteiger partial charge in [0.1, 0.15) is 10.9 Å². The highest BCUT2D eigenvalue weighted by molar-refractivity contribution is 7.92. The van der Waals surface area contributed by atoms with E-state index in [4.69, 9.17) is 14.2 Å². The standard InChI is InChI=1S/C30H51NO7S/c1-7-9-10-11-12-13-17-20-28(39(34,35)26-18-15-14-16-19-26)27(32)22-21-25(23-37-24(3)36-8-2)31-29(33)38-30(4,5)6/h14-16,18-19,24-25,28H,7-13,17,20-23H2,1-6H3,(H,31,33)/t24?,25-,28?/m0/s1.